The maximum Gasteiger partial charge on any atom is 0.161 e. The van der Waals surface area contributed by atoms with E-state index in [1.54, 1.807) is 7.11 Å². The van der Waals surface area contributed by atoms with Gasteiger partial charge in [-0.1, -0.05) is 20.8 Å². The lowest BCUT2D eigenvalue weighted by Gasteiger charge is -2.65. The van der Waals surface area contributed by atoms with Gasteiger partial charge in [-0.3, -0.25) is 4.90 Å². The molecule has 5 aliphatic rings. The topological polar surface area (TPSA) is 41.9 Å². The molecule has 0 radical (unpaired) electrons. The van der Waals surface area contributed by atoms with Gasteiger partial charge in [0.05, 0.1) is 19.8 Å². The molecule has 3 saturated carbocycles. The Hall–Kier alpha value is -1.33. The highest BCUT2D eigenvalue weighted by Crippen LogP contribution is 2.69. The molecule has 1 aromatic carbocycles. The second-order valence-electron chi connectivity index (χ2n) is 11.8. The molecule has 0 amide bonds. The summed E-state index contributed by atoms with van der Waals surface area (Å²) in [5.74, 6) is 1.87. The molecule has 2 bridgehead atoms. The smallest absolute Gasteiger partial charge is 0.161 e. The van der Waals surface area contributed by atoms with Crippen molar-refractivity contribution in [2.24, 2.45) is 16.7 Å². The van der Waals surface area contributed by atoms with E-state index in [0.29, 0.717) is 31.8 Å². The van der Waals surface area contributed by atoms with E-state index in [-0.39, 0.29) is 23.0 Å². The summed E-state index contributed by atoms with van der Waals surface area (Å²) in [5, 5.41) is 10.9. The fraction of sp³-hybridized carbons (Fsp3) is 0.760. The van der Waals surface area contributed by atoms with Crippen LogP contribution in [0.5, 0.6) is 11.5 Å². The molecule has 2 aliphatic heterocycles. The fourth-order valence-corrected chi connectivity index (χ4v) is 6.60. The van der Waals surface area contributed by atoms with Crippen LogP contribution in [-0.4, -0.2) is 48.6 Å². The molecule has 166 valence electrons. The van der Waals surface area contributed by atoms with Gasteiger partial charge >= 0.3 is 0 Å². The van der Waals surface area contributed by atoms with Crippen LogP contribution in [0, 0.1) is 16.7 Å². The van der Waals surface area contributed by atoms with Gasteiger partial charge < -0.3 is 14.6 Å². The van der Waals surface area contributed by atoms with Crippen LogP contribution < -0.4 is 9.47 Å². The zero-order valence-corrected chi connectivity index (χ0v) is 18.8. The number of methoxy groups -OCH3 is 1. The molecule has 1 N–H and O–H groups in total. The number of rotatable bonds is 5. The van der Waals surface area contributed by atoms with Crippen LogP contribution in [0.3, 0.4) is 0 Å². The van der Waals surface area contributed by atoms with Crippen LogP contribution in [0.1, 0.15) is 70.0 Å². The van der Waals surface area contributed by atoms with Crippen LogP contribution in [0.15, 0.2) is 12.1 Å². The number of fused-ring (bicyclic) bond motifs is 3. The van der Waals surface area contributed by atoms with Gasteiger partial charge in [0.15, 0.2) is 11.5 Å². The molecule has 3 unspecified atom stereocenters. The highest BCUT2D eigenvalue weighted by atomic mass is 19.1. The molecule has 4 fully saturated rings. The molecule has 2 heterocycles. The number of aliphatic hydroxyl groups is 1. The van der Waals surface area contributed by atoms with Crippen molar-refractivity contribution < 1.29 is 19.0 Å². The lowest BCUT2D eigenvalue weighted by atomic mass is 9.43. The lowest BCUT2D eigenvalue weighted by Crippen LogP contribution is -2.66. The second-order valence-corrected chi connectivity index (χ2v) is 11.8. The van der Waals surface area contributed by atoms with Crippen LogP contribution in [0.4, 0.5) is 4.39 Å². The van der Waals surface area contributed by atoms with Crippen LogP contribution in [0.25, 0.3) is 0 Å². The summed E-state index contributed by atoms with van der Waals surface area (Å²) in [5.41, 5.74) is 1.96. The lowest BCUT2D eigenvalue weighted by molar-refractivity contribution is -0.226. The molecule has 0 aromatic heterocycles. The monoisotopic (exact) mass is 417 g/mol. The number of hydrogen-bond donors (Lipinski definition) is 1. The summed E-state index contributed by atoms with van der Waals surface area (Å²) < 4.78 is 25.6. The van der Waals surface area contributed by atoms with Gasteiger partial charge in [-0.25, -0.2) is 4.39 Å². The Balaban J connectivity index is 1.32. The number of alkyl halides is 1. The van der Waals surface area contributed by atoms with Gasteiger partial charge in [0.25, 0.3) is 0 Å². The second kappa shape index (κ2) is 6.83. The third-order valence-corrected chi connectivity index (χ3v) is 7.86. The fourth-order valence-electron chi connectivity index (χ4n) is 6.60. The number of halogens is 1. The van der Waals surface area contributed by atoms with Gasteiger partial charge in [-0.05, 0) is 73.1 Å². The number of nitrogens with zero attached hydrogens (tertiary/aromatic N) is 1. The Kier molecular flexibility index (Phi) is 4.68. The summed E-state index contributed by atoms with van der Waals surface area (Å²) in [7, 11) is 1.68. The van der Waals surface area contributed by atoms with E-state index in [9.17, 15) is 9.50 Å². The van der Waals surface area contributed by atoms with E-state index >= 15 is 0 Å². The average Bonchev–Trinajstić information content (AvgIpc) is 2.62. The highest BCUT2D eigenvalue weighted by molar-refractivity contribution is 5.50. The van der Waals surface area contributed by atoms with Gasteiger partial charge in [-0.2, -0.15) is 0 Å². The minimum Gasteiger partial charge on any atom is -0.493 e. The molecule has 3 aliphatic carbocycles. The summed E-state index contributed by atoms with van der Waals surface area (Å²) in [6, 6.07) is 4.50. The van der Waals surface area contributed by atoms with Crippen LogP contribution in [-0.2, 0) is 6.42 Å². The maximum absolute atomic E-state index is 13.8. The van der Waals surface area contributed by atoms with Crippen molar-refractivity contribution in [3.05, 3.63) is 23.3 Å². The van der Waals surface area contributed by atoms with E-state index in [0.717, 1.165) is 43.9 Å². The molecule has 1 aromatic rings. The van der Waals surface area contributed by atoms with Crippen molar-refractivity contribution in [2.45, 2.75) is 77.1 Å². The van der Waals surface area contributed by atoms with Gasteiger partial charge in [0, 0.05) is 24.5 Å². The Morgan fingerprint density at radius 2 is 1.93 bits per heavy atom. The van der Waals surface area contributed by atoms with Crippen LogP contribution >= 0.6 is 0 Å². The first-order valence-corrected chi connectivity index (χ1v) is 11.5. The highest BCUT2D eigenvalue weighted by Gasteiger charge is 2.69. The number of hydrogen-bond acceptors (Lipinski definition) is 4. The van der Waals surface area contributed by atoms with Crippen molar-refractivity contribution in [3.63, 3.8) is 0 Å². The van der Waals surface area contributed by atoms with Gasteiger partial charge in [0.1, 0.15) is 5.67 Å². The van der Waals surface area contributed by atoms with E-state index < -0.39 is 5.67 Å². The zero-order valence-electron chi connectivity index (χ0n) is 18.8. The summed E-state index contributed by atoms with van der Waals surface area (Å²) >= 11 is 0. The van der Waals surface area contributed by atoms with Gasteiger partial charge in [0.2, 0.25) is 0 Å². The number of ether oxygens (including phenoxy) is 2. The van der Waals surface area contributed by atoms with Crippen molar-refractivity contribution in [3.8, 4) is 11.5 Å². The molecule has 0 spiro atoms. The molecule has 4 nitrogen and oxygen atoms in total. The van der Waals surface area contributed by atoms with E-state index in [2.05, 4.69) is 37.8 Å². The van der Waals surface area contributed by atoms with Crippen molar-refractivity contribution in [1.82, 2.24) is 4.90 Å². The Labute approximate surface area is 179 Å². The molecule has 30 heavy (non-hydrogen) atoms. The predicted octanol–water partition coefficient (Wildman–Crippen LogP) is 4.68. The number of aliphatic hydroxyl groups excluding tert-OH is 1. The Bertz CT molecular complexity index is 813. The average molecular weight is 418 g/mol. The first-order chi connectivity index (χ1) is 14.1. The van der Waals surface area contributed by atoms with E-state index in [4.69, 9.17) is 9.47 Å². The largest absolute Gasteiger partial charge is 0.493 e. The molecule has 3 atom stereocenters. The third-order valence-electron chi connectivity index (χ3n) is 7.86. The Morgan fingerprint density at radius 3 is 2.57 bits per heavy atom. The SMILES string of the molecule is COc1cc2c(cc1OCC13CC(F)(C1)C3)CCN1CC(CC(C)(C)C)C(O)CC21. The number of piperidine rings is 1. The summed E-state index contributed by atoms with van der Waals surface area (Å²) in [4.78, 5) is 2.55. The van der Waals surface area contributed by atoms with E-state index in [1.807, 2.05) is 0 Å². The standard InChI is InChI=1S/C25H36FNO3/c1-23(2,3)10-17-11-27-6-5-16-7-22(30-15-24-12-25(26,13-24)14-24)21(29-4)8-18(16)19(27)9-20(17)28/h7-8,17,19-20,28H,5-6,9-15H2,1-4H3. The number of benzene rings is 1. The maximum atomic E-state index is 13.8. The summed E-state index contributed by atoms with van der Waals surface area (Å²) in [6.07, 6.45) is 4.49. The quantitative estimate of drug-likeness (QED) is 0.755. The Morgan fingerprint density at radius 1 is 1.20 bits per heavy atom. The van der Waals surface area contributed by atoms with Crippen molar-refractivity contribution in [1.29, 1.82) is 0 Å². The van der Waals surface area contributed by atoms with Gasteiger partial charge in [-0.15, -0.1) is 0 Å². The van der Waals surface area contributed by atoms with Crippen molar-refractivity contribution in [2.75, 3.05) is 26.8 Å². The minimum atomic E-state index is -0.889. The molecule has 6 rings (SSSR count). The normalized spacial score (nSPS) is 37.5. The van der Waals surface area contributed by atoms with Crippen molar-refractivity contribution >= 4 is 0 Å². The first-order valence-electron chi connectivity index (χ1n) is 11.5. The van der Waals surface area contributed by atoms with E-state index in [1.165, 1.54) is 11.1 Å². The molecular weight excluding hydrogens is 381 g/mol. The molecular formula is C25H36FNO3. The molecule has 5 heteroatoms. The first kappa shape index (κ1) is 20.6. The molecule has 1 saturated heterocycles. The minimum absolute atomic E-state index is 0.0575. The third kappa shape index (κ3) is 3.52. The predicted molar refractivity (Wildman–Crippen MR) is 115 cm³/mol. The summed E-state index contributed by atoms with van der Waals surface area (Å²) in [6.45, 7) is 9.32. The zero-order chi connectivity index (χ0) is 21.3. The van der Waals surface area contributed by atoms with Crippen LogP contribution in [0.2, 0.25) is 0 Å².